The molecule has 0 N–H and O–H groups in total. The molecule has 3 aromatic carbocycles. The lowest BCUT2D eigenvalue weighted by atomic mass is 10.0. The molecule has 0 aliphatic rings. The van der Waals surface area contributed by atoms with Gasteiger partial charge in [-0.2, -0.15) is 0 Å². The molecule has 4 aromatic rings. The topological polar surface area (TPSA) is 60.2 Å². The maximum absolute atomic E-state index is 14.2. The molecule has 0 atom stereocenters. The molecule has 4 nitrogen and oxygen atoms in total. The van der Waals surface area contributed by atoms with E-state index in [9.17, 15) is 12.8 Å². The van der Waals surface area contributed by atoms with E-state index in [1.807, 2.05) is 30.3 Å². The maximum atomic E-state index is 14.2. The lowest BCUT2D eigenvalue weighted by molar-refractivity contribution is 0.519. The summed E-state index contributed by atoms with van der Waals surface area (Å²) < 4.78 is 43.8. The Balaban J connectivity index is 1.81. The molecule has 0 unspecified atom stereocenters. The summed E-state index contributed by atoms with van der Waals surface area (Å²) in [7, 11) is -3.31. The molecule has 0 saturated carbocycles. The zero-order valence-corrected chi connectivity index (χ0v) is 17.4. The molecule has 152 valence electrons. The average molecular weight is 421 g/mol. The highest BCUT2D eigenvalue weighted by atomic mass is 32.2. The van der Waals surface area contributed by atoms with Gasteiger partial charge in [-0.15, -0.1) is 0 Å². The number of oxazole rings is 1. The van der Waals surface area contributed by atoms with Crippen molar-refractivity contribution in [1.82, 2.24) is 4.98 Å². The molecule has 0 aliphatic heterocycles. The van der Waals surface area contributed by atoms with E-state index in [-0.39, 0.29) is 10.7 Å². The minimum atomic E-state index is -3.31. The number of hydrogen-bond acceptors (Lipinski definition) is 4. The van der Waals surface area contributed by atoms with E-state index in [4.69, 9.17) is 4.42 Å². The Morgan fingerprint density at radius 3 is 2.23 bits per heavy atom. The lowest BCUT2D eigenvalue weighted by Gasteiger charge is -2.04. The van der Waals surface area contributed by atoms with E-state index in [1.54, 1.807) is 31.2 Å². The van der Waals surface area contributed by atoms with Crippen LogP contribution in [0, 0.1) is 12.7 Å². The summed E-state index contributed by atoms with van der Waals surface area (Å²) in [4.78, 5) is 4.86. The Morgan fingerprint density at radius 1 is 0.933 bits per heavy atom. The van der Waals surface area contributed by atoms with Crippen LogP contribution >= 0.6 is 0 Å². The quantitative estimate of drug-likeness (QED) is 0.430. The van der Waals surface area contributed by atoms with Crippen molar-refractivity contribution >= 4 is 9.84 Å². The van der Waals surface area contributed by atoms with Gasteiger partial charge in [-0.1, -0.05) is 42.5 Å². The van der Waals surface area contributed by atoms with E-state index in [1.165, 1.54) is 18.2 Å². The molecule has 0 amide bonds. The summed E-state index contributed by atoms with van der Waals surface area (Å²) in [6.45, 7) is 1.70. The molecule has 1 heterocycles. The number of aryl methyl sites for hydroxylation is 1. The molecule has 4 rings (SSSR count). The molecule has 6 heteroatoms. The number of benzene rings is 3. The van der Waals surface area contributed by atoms with Gasteiger partial charge in [-0.05, 0) is 48.4 Å². The average Bonchev–Trinajstić information content (AvgIpc) is 3.14. The van der Waals surface area contributed by atoms with Crippen LogP contribution < -0.4 is 0 Å². The van der Waals surface area contributed by atoms with E-state index in [0.29, 0.717) is 40.5 Å². The summed E-state index contributed by atoms with van der Waals surface area (Å²) in [5, 5.41) is 0. The molecule has 0 bridgehead atoms. The van der Waals surface area contributed by atoms with Crippen molar-refractivity contribution in [2.75, 3.05) is 6.26 Å². The van der Waals surface area contributed by atoms with Gasteiger partial charge in [0.1, 0.15) is 11.5 Å². The highest BCUT2D eigenvalue weighted by molar-refractivity contribution is 7.90. The van der Waals surface area contributed by atoms with Gasteiger partial charge in [0.2, 0.25) is 0 Å². The van der Waals surface area contributed by atoms with Crippen molar-refractivity contribution in [3.63, 3.8) is 0 Å². The van der Waals surface area contributed by atoms with Gasteiger partial charge in [0.25, 0.3) is 0 Å². The van der Waals surface area contributed by atoms with Gasteiger partial charge in [-0.3, -0.25) is 0 Å². The fraction of sp³-hybridized carbons (Fsp3) is 0.125. The van der Waals surface area contributed by atoms with Crippen LogP contribution in [0.15, 0.2) is 82.1 Å². The first-order chi connectivity index (χ1) is 14.3. The molecule has 0 fully saturated rings. The van der Waals surface area contributed by atoms with E-state index < -0.39 is 9.84 Å². The Morgan fingerprint density at radius 2 is 1.60 bits per heavy atom. The highest BCUT2D eigenvalue weighted by Crippen LogP contribution is 2.34. The van der Waals surface area contributed by atoms with Crippen molar-refractivity contribution in [1.29, 1.82) is 0 Å². The van der Waals surface area contributed by atoms with Gasteiger partial charge in [0, 0.05) is 23.8 Å². The van der Waals surface area contributed by atoms with Gasteiger partial charge >= 0.3 is 0 Å². The predicted molar refractivity (Wildman–Crippen MR) is 114 cm³/mol. The summed E-state index contributed by atoms with van der Waals surface area (Å²) in [5.74, 6) is 0.655. The first-order valence-electron chi connectivity index (χ1n) is 9.42. The van der Waals surface area contributed by atoms with Crippen LogP contribution in [0.1, 0.15) is 17.0 Å². The zero-order valence-electron chi connectivity index (χ0n) is 16.6. The zero-order chi connectivity index (χ0) is 21.3. The van der Waals surface area contributed by atoms with Gasteiger partial charge in [0.05, 0.1) is 4.90 Å². The van der Waals surface area contributed by atoms with Crippen molar-refractivity contribution in [3.05, 3.63) is 95.6 Å². The molecule has 0 spiro atoms. The lowest BCUT2D eigenvalue weighted by Crippen LogP contribution is -1.96. The number of aromatic nitrogens is 1. The third kappa shape index (κ3) is 4.19. The molecular weight excluding hydrogens is 401 g/mol. The normalized spacial score (nSPS) is 11.6. The van der Waals surface area contributed by atoms with Gasteiger partial charge in [-0.25, -0.2) is 17.8 Å². The van der Waals surface area contributed by atoms with Gasteiger partial charge < -0.3 is 4.42 Å². The standard InChI is InChI=1S/C24H20FNO3S/c1-16-8-9-19(15-21(16)25)23-24(18-10-12-20(13-11-18)30(2,27)28)29-22(26-23)14-17-6-4-3-5-7-17/h3-13,15H,14H2,1-2H3. The Labute approximate surface area is 175 Å². The second-order valence-electron chi connectivity index (χ2n) is 7.21. The first-order valence-corrected chi connectivity index (χ1v) is 11.3. The summed E-state index contributed by atoms with van der Waals surface area (Å²) in [5.41, 5.74) is 3.38. The van der Waals surface area contributed by atoms with Crippen LogP contribution in [0.2, 0.25) is 0 Å². The second-order valence-corrected chi connectivity index (χ2v) is 9.22. The van der Waals surface area contributed by atoms with Crippen molar-refractivity contribution in [2.24, 2.45) is 0 Å². The third-order valence-corrected chi connectivity index (χ3v) is 5.99. The Kier molecular flexibility index (Phi) is 5.26. The van der Waals surface area contributed by atoms with E-state index >= 15 is 0 Å². The van der Waals surface area contributed by atoms with Crippen molar-refractivity contribution in [2.45, 2.75) is 18.2 Å². The monoisotopic (exact) mass is 421 g/mol. The predicted octanol–water partition coefficient (Wildman–Crippen LogP) is 5.45. The number of sulfone groups is 1. The summed E-state index contributed by atoms with van der Waals surface area (Å²) in [6.07, 6.45) is 1.65. The van der Waals surface area contributed by atoms with Crippen LogP contribution in [0.5, 0.6) is 0 Å². The van der Waals surface area contributed by atoms with Crippen LogP contribution in [0.3, 0.4) is 0 Å². The van der Waals surface area contributed by atoms with Crippen molar-refractivity contribution in [3.8, 4) is 22.6 Å². The van der Waals surface area contributed by atoms with Crippen LogP contribution in [0.25, 0.3) is 22.6 Å². The molecule has 1 aromatic heterocycles. The molecule has 0 aliphatic carbocycles. The fourth-order valence-corrected chi connectivity index (χ4v) is 3.83. The number of hydrogen-bond donors (Lipinski definition) is 0. The number of rotatable bonds is 5. The molecule has 0 saturated heterocycles. The molecular formula is C24H20FNO3S. The number of halogens is 1. The first kappa shape index (κ1) is 20.0. The van der Waals surface area contributed by atoms with Crippen LogP contribution in [-0.4, -0.2) is 19.7 Å². The van der Waals surface area contributed by atoms with Gasteiger partial charge in [0.15, 0.2) is 21.5 Å². The summed E-state index contributed by atoms with van der Waals surface area (Å²) in [6, 6.07) is 21.2. The molecule has 30 heavy (non-hydrogen) atoms. The minimum Gasteiger partial charge on any atom is -0.440 e. The van der Waals surface area contributed by atoms with E-state index in [0.717, 1.165) is 11.8 Å². The smallest absolute Gasteiger partial charge is 0.199 e. The maximum Gasteiger partial charge on any atom is 0.199 e. The SMILES string of the molecule is Cc1ccc(-c2nc(Cc3ccccc3)oc2-c2ccc(S(C)(=O)=O)cc2)cc1F. The van der Waals surface area contributed by atoms with Crippen molar-refractivity contribution < 1.29 is 17.2 Å². The minimum absolute atomic E-state index is 0.221. The van der Waals surface area contributed by atoms with Crippen LogP contribution in [-0.2, 0) is 16.3 Å². The van der Waals surface area contributed by atoms with E-state index in [2.05, 4.69) is 4.98 Å². The fourth-order valence-electron chi connectivity index (χ4n) is 3.20. The Hall–Kier alpha value is -3.25. The largest absolute Gasteiger partial charge is 0.440 e. The van der Waals surface area contributed by atoms with Crippen LogP contribution in [0.4, 0.5) is 4.39 Å². The third-order valence-electron chi connectivity index (χ3n) is 4.86. The molecule has 0 radical (unpaired) electrons. The Bertz CT molecular complexity index is 1290. The highest BCUT2D eigenvalue weighted by Gasteiger charge is 2.19. The number of nitrogens with zero attached hydrogens (tertiary/aromatic N) is 1. The second kappa shape index (κ2) is 7.88. The summed E-state index contributed by atoms with van der Waals surface area (Å²) >= 11 is 0.